The summed E-state index contributed by atoms with van der Waals surface area (Å²) in [5.41, 5.74) is 3.36. The molecule has 1 unspecified atom stereocenters. The Balaban J connectivity index is 2.50. The van der Waals surface area contributed by atoms with Crippen LogP contribution in [0.2, 0.25) is 0 Å². The summed E-state index contributed by atoms with van der Waals surface area (Å²) in [7, 11) is 0. The zero-order chi connectivity index (χ0) is 12.3. The first-order valence-corrected chi connectivity index (χ1v) is 5.74. The molecule has 0 fully saturated rings. The quantitative estimate of drug-likeness (QED) is 0.555. The molecule has 5 nitrogen and oxygen atoms in total. The molecule has 0 aliphatic rings. The fraction of sp³-hybridized carbons (Fsp3) is 0.333. The van der Waals surface area contributed by atoms with Crippen molar-refractivity contribution in [1.29, 1.82) is 0 Å². The molecule has 0 radical (unpaired) electrons. The topological polar surface area (TPSA) is 75.9 Å². The summed E-state index contributed by atoms with van der Waals surface area (Å²) in [6.45, 7) is 4.25. The number of rotatable bonds is 4. The van der Waals surface area contributed by atoms with Crippen molar-refractivity contribution in [2.75, 3.05) is 10.7 Å². The maximum atomic E-state index is 5.37. The number of nitrogens with zero attached hydrogens (tertiary/aromatic N) is 2. The number of para-hydroxylation sites is 1. The van der Waals surface area contributed by atoms with E-state index in [2.05, 4.69) is 34.6 Å². The van der Waals surface area contributed by atoms with Crippen LogP contribution in [0.25, 0.3) is 10.9 Å². The number of aromatic nitrogens is 2. The molecule has 0 spiro atoms. The summed E-state index contributed by atoms with van der Waals surface area (Å²) >= 11 is 0. The Hall–Kier alpha value is -1.88. The fourth-order valence-corrected chi connectivity index (χ4v) is 1.59. The largest absolute Gasteiger partial charge is 0.367 e. The summed E-state index contributed by atoms with van der Waals surface area (Å²) in [5.74, 6) is 6.61. The van der Waals surface area contributed by atoms with Crippen LogP contribution in [-0.2, 0) is 0 Å². The van der Waals surface area contributed by atoms with Gasteiger partial charge in [0.1, 0.15) is 5.82 Å². The van der Waals surface area contributed by atoms with Gasteiger partial charge in [0.05, 0.1) is 5.52 Å². The van der Waals surface area contributed by atoms with Gasteiger partial charge in [0, 0.05) is 11.4 Å². The van der Waals surface area contributed by atoms with Crippen LogP contribution in [0, 0.1) is 0 Å². The Bertz CT molecular complexity index is 511. The third kappa shape index (κ3) is 2.45. The molecule has 0 aliphatic carbocycles. The highest BCUT2D eigenvalue weighted by atomic mass is 15.3. The van der Waals surface area contributed by atoms with Gasteiger partial charge in [0.2, 0.25) is 5.95 Å². The van der Waals surface area contributed by atoms with Crippen LogP contribution in [0.3, 0.4) is 0 Å². The number of benzene rings is 1. The van der Waals surface area contributed by atoms with Crippen LogP contribution in [0.5, 0.6) is 0 Å². The predicted octanol–water partition coefficient (Wildman–Crippen LogP) is 2.13. The lowest BCUT2D eigenvalue weighted by Crippen LogP contribution is -2.17. The Morgan fingerprint density at radius 1 is 1.29 bits per heavy atom. The molecule has 1 aromatic heterocycles. The second-order valence-corrected chi connectivity index (χ2v) is 4.01. The second-order valence-electron chi connectivity index (χ2n) is 4.01. The van der Waals surface area contributed by atoms with Crippen molar-refractivity contribution in [3.8, 4) is 0 Å². The van der Waals surface area contributed by atoms with Gasteiger partial charge in [0.15, 0.2) is 0 Å². The SMILES string of the molecule is CCC(C)Nc1nc(NN)nc2ccccc12. The van der Waals surface area contributed by atoms with E-state index in [1.165, 1.54) is 0 Å². The summed E-state index contributed by atoms with van der Waals surface area (Å²) in [6.07, 6.45) is 1.03. The number of nitrogens with one attached hydrogen (secondary N) is 2. The van der Waals surface area contributed by atoms with Gasteiger partial charge >= 0.3 is 0 Å². The highest BCUT2D eigenvalue weighted by Gasteiger charge is 2.08. The predicted molar refractivity (Wildman–Crippen MR) is 70.7 cm³/mol. The molecule has 0 aliphatic heterocycles. The van der Waals surface area contributed by atoms with Gasteiger partial charge in [-0.3, -0.25) is 5.43 Å². The Morgan fingerprint density at radius 2 is 2.06 bits per heavy atom. The monoisotopic (exact) mass is 231 g/mol. The number of nitrogens with two attached hydrogens (primary N) is 1. The van der Waals surface area contributed by atoms with Crippen LogP contribution in [-0.4, -0.2) is 16.0 Å². The van der Waals surface area contributed by atoms with Crippen molar-refractivity contribution >= 4 is 22.7 Å². The summed E-state index contributed by atoms with van der Waals surface area (Å²) in [6, 6.07) is 8.23. The van der Waals surface area contributed by atoms with E-state index >= 15 is 0 Å². The van der Waals surface area contributed by atoms with Crippen molar-refractivity contribution < 1.29 is 0 Å². The molecule has 90 valence electrons. The van der Waals surface area contributed by atoms with Crippen LogP contribution in [0.4, 0.5) is 11.8 Å². The van der Waals surface area contributed by atoms with E-state index in [0.717, 1.165) is 23.1 Å². The molecule has 0 bridgehead atoms. The Kier molecular flexibility index (Phi) is 3.39. The minimum atomic E-state index is 0.360. The number of hydrazine groups is 1. The van der Waals surface area contributed by atoms with Gasteiger partial charge in [-0.05, 0) is 25.5 Å². The maximum Gasteiger partial charge on any atom is 0.239 e. The van der Waals surface area contributed by atoms with Crippen molar-refractivity contribution in [2.24, 2.45) is 5.84 Å². The summed E-state index contributed by atoms with van der Waals surface area (Å²) in [5, 5.41) is 4.37. The lowest BCUT2D eigenvalue weighted by atomic mass is 10.2. The van der Waals surface area contributed by atoms with Gasteiger partial charge in [-0.15, -0.1) is 0 Å². The number of hydrogen-bond acceptors (Lipinski definition) is 5. The number of hydrogen-bond donors (Lipinski definition) is 3. The number of fused-ring (bicyclic) bond motifs is 1. The number of anilines is 2. The fourth-order valence-electron chi connectivity index (χ4n) is 1.59. The van der Waals surface area contributed by atoms with E-state index in [0.29, 0.717) is 12.0 Å². The van der Waals surface area contributed by atoms with Crippen LogP contribution < -0.4 is 16.6 Å². The van der Waals surface area contributed by atoms with Gasteiger partial charge in [-0.1, -0.05) is 19.1 Å². The lowest BCUT2D eigenvalue weighted by Gasteiger charge is -2.14. The summed E-state index contributed by atoms with van der Waals surface area (Å²) < 4.78 is 0. The van der Waals surface area contributed by atoms with Crippen molar-refractivity contribution in [2.45, 2.75) is 26.3 Å². The average Bonchev–Trinajstić information content (AvgIpc) is 2.38. The van der Waals surface area contributed by atoms with Gasteiger partial charge in [-0.2, -0.15) is 4.98 Å². The molecule has 4 N–H and O–H groups in total. The minimum Gasteiger partial charge on any atom is -0.367 e. The van der Waals surface area contributed by atoms with Crippen LogP contribution in [0.15, 0.2) is 24.3 Å². The number of nitrogen functional groups attached to an aromatic ring is 1. The first-order chi connectivity index (χ1) is 8.24. The van der Waals surface area contributed by atoms with E-state index in [1.54, 1.807) is 0 Å². The Morgan fingerprint density at radius 3 is 2.76 bits per heavy atom. The zero-order valence-electron chi connectivity index (χ0n) is 10.1. The first-order valence-electron chi connectivity index (χ1n) is 5.74. The Labute approximate surface area is 100 Å². The maximum absolute atomic E-state index is 5.37. The third-order valence-corrected chi connectivity index (χ3v) is 2.73. The molecule has 1 atom stereocenters. The van der Waals surface area contributed by atoms with Crippen LogP contribution in [0.1, 0.15) is 20.3 Å². The van der Waals surface area contributed by atoms with E-state index in [1.807, 2.05) is 24.3 Å². The molecule has 2 rings (SSSR count). The van der Waals surface area contributed by atoms with Crippen molar-refractivity contribution in [3.63, 3.8) is 0 Å². The molecule has 2 aromatic rings. The van der Waals surface area contributed by atoms with E-state index < -0.39 is 0 Å². The average molecular weight is 231 g/mol. The van der Waals surface area contributed by atoms with E-state index in [9.17, 15) is 0 Å². The smallest absolute Gasteiger partial charge is 0.239 e. The standard InChI is InChI=1S/C12H17N5/c1-3-8(2)14-11-9-6-4-5-7-10(9)15-12(16-11)17-13/h4-8H,3,13H2,1-2H3,(H2,14,15,16,17). The van der Waals surface area contributed by atoms with Crippen LogP contribution >= 0.6 is 0 Å². The first kappa shape index (κ1) is 11.6. The summed E-state index contributed by atoms with van der Waals surface area (Å²) in [4.78, 5) is 8.65. The lowest BCUT2D eigenvalue weighted by molar-refractivity contribution is 0.760. The highest BCUT2D eigenvalue weighted by Crippen LogP contribution is 2.22. The highest BCUT2D eigenvalue weighted by molar-refractivity contribution is 5.90. The van der Waals surface area contributed by atoms with Gasteiger partial charge in [-0.25, -0.2) is 10.8 Å². The van der Waals surface area contributed by atoms with Gasteiger partial charge < -0.3 is 5.32 Å². The molecule has 0 saturated carbocycles. The molecular weight excluding hydrogens is 214 g/mol. The van der Waals surface area contributed by atoms with E-state index in [4.69, 9.17) is 5.84 Å². The molecule has 1 aromatic carbocycles. The zero-order valence-corrected chi connectivity index (χ0v) is 10.1. The minimum absolute atomic E-state index is 0.360. The molecule has 5 heteroatoms. The van der Waals surface area contributed by atoms with Crippen molar-refractivity contribution in [1.82, 2.24) is 9.97 Å². The normalized spacial score (nSPS) is 12.4. The third-order valence-electron chi connectivity index (χ3n) is 2.73. The molecule has 1 heterocycles. The molecule has 0 amide bonds. The van der Waals surface area contributed by atoms with Crippen molar-refractivity contribution in [3.05, 3.63) is 24.3 Å². The van der Waals surface area contributed by atoms with Gasteiger partial charge in [0.25, 0.3) is 0 Å². The molecule has 17 heavy (non-hydrogen) atoms. The molecule has 0 saturated heterocycles. The second kappa shape index (κ2) is 4.97. The van der Waals surface area contributed by atoms with E-state index in [-0.39, 0.29) is 0 Å². The molecular formula is C12H17N5.